The lowest BCUT2D eigenvalue weighted by atomic mass is 10.2. The molecule has 0 spiro atoms. The average molecular weight is 229 g/mol. The Bertz CT molecular complexity index is 456. The molecule has 85 valence electrons. The summed E-state index contributed by atoms with van der Waals surface area (Å²) in [6.07, 6.45) is 0. The second kappa shape index (κ2) is 5.16. The van der Waals surface area contributed by atoms with Crippen molar-refractivity contribution in [3.05, 3.63) is 48.5 Å². The summed E-state index contributed by atoms with van der Waals surface area (Å²) in [4.78, 5) is 0. The standard InChI is InChI=1S/C12H10BO4/c14-9-5-1-3-7-11(9)16-13-17-12-8-4-2-6-10(12)15/h1-8,14-15H. The average Bonchev–Trinajstić information content (AvgIpc) is 2.34. The van der Waals surface area contributed by atoms with E-state index in [9.17, 15) is 10.2 Å². The van der Waals surface area contributed by atoms with Crippen molar-refractivity contribution in [2.45, 2.75) is 0 Å². The normalized spacial score (nSPS) is 9.65. The first-order valence-corrected chi connectivity index (χ1v) is 4.98. The molecule has 0 aliphatic heterocycles. The largest absolute Gasteiger partial charge is 0.658 e. The van der Waals surface area contributed by atoms with Gasteiger partial charge in [0.05, 0.1) is 0 Å². The van der Waals surface area contributed by atoms with E-state index in [0.717, 1.165) is 7.69 Å². The Morgan fingerprint density at radius 2 is 1.12 bits per heavy atom. The summed E-state index contributed by atoms with van der Waals surface area (Å²) >= 11 is 0. The first-order valence-electron chi connectivity index (χ1n) is 4.98. The molecule has 0 bridgehead atoms. The summed E-state index contributed by atoms with van der Waals surface area (Å²) in [6.45, 7) is 0. The van der Waals surface area contributed by atoms with Crippen LogP contribution in [-0.2, 0) is 0 Å². The number of benzene rings is 2. The van der Waals surface area contributed by atoms with E-state index in [2.05, 4.69) is 0 Å². The molecule has 2 N–H and O–H groups in total. The summed E-state index contributed by atoms with van der Waals surface area (Å²) in [6, 6.07) is 13.0. The molecule has 1 radical (unpaired) electrons. The van der Waals surface area contributed by atoms with Crippen molar-refractivity contribution in [2.24, 2.45) is 0 Å². The summed E-state index contributed by atoms with van der Waals surface area (Å²) in [5, 5.41) is 18.8. The van der Waals surface area contributed by atoms with Crippen LogP contribution in [0.4, 0.5) is 0 Å². The highest BCUT2D eigenvalue weighted by molar-refractivity contribution is 6.21. The van der Waals surface area contributed by atoms with Gasteiger partial charge in [0.15, 0.2) is 11.5 Å². The number of hydrogen-bond donors (Lipinski definition) is 2. The van der Waals surface area contributed by atoms with Crippen LogP contribution in [0.1, 0.15) is 0 Å². The Labute approximate surface area is 99.4 Å². The summed E-state index contributed by atoms with van der Waals surface area (Å²) in [5.41, 5.74) is 0. The third kappa shape index (κ3) is 2.84. The fourth-order valence-electron chi connectivity index (χ4n) is 1.24. The van der Waals surface area contributed by atoms with E-state index in [1.807, 2.05) is 0 Å². The number of para-hydroxylation sites is 4. The Kier molecular flexibility index (Phi) is 3.40. The van der Waals surface area contributed by atoms with Crippen molar-refractivity contribution in [2.75, 3.05) is 0 Å². The van der Waals surface area contributed by atoms with Crippen LogP contribution in [0.25, 0.3) is 0 Å². The maximum atomic E-state index is 9.41. The van der Waals surface area contributed by atoms with Crippen LogP contribution >= 0.6 is 0 Å². The lowest BCUT2D eigenvalue weighted by Gasteiger charge is -2.08. The van der Waals surface area contributed by atoms with E-state index in [4.69, 9.17) is 9.31 Å². The minimum atomic E-state index is 0.0182. The number of aromatic hydroxyl groups is 2. The highest BCUT2D eigenvalue weighted by Gasteiger charge is 2.07. The molecule has 0 saturated heterocycles. The van der Waals surface area contributed by atoms with Gasteiger partial charge in [0.2, 0.25) is 0 Å². The van der Waals surface area contributed by atoms with Crippen molar-refractivity contribution in [3.8, 4) is 23.0 Å². The van der Waals surface area contributed by atoms with Crippen molar-refractivity contribution in [3.63, 3.8) is 0 Å². The lowest BCUT2D eigenvalue weighted by Crippen LogP contribution is -2.10. The number of phenolic OH excluding ortho intramolecular Hbond substituents is 2. The molecule has 2 aromatic rings. The number of phenols is 2. The first-order chi connectivity index (χ1) is 8.27. The van der Waals surface area contributed by atoms with E-state index in [1.54, 1.807) is 36.4 Å². The van der Waals surface area contributed by atoms with Gasteiger partial charge in [-0.25, -0.2) is 0 Å². The van der Waals surface area contributed by atoms with Gasteiger partial charge in [-0.1, -0.05) is 24.3 Å². The van der Waals surface area contributed by atoms with Gasteiger partial charge < -0.3 is 19.5 Å². The first kappa shape index (κ1) is 11.2. The maximum Gasteiger partial charge on any atom is 0.658 e. The van der Waals surface area contributed by atoms with E-state index in [-0.39, 0.29) is 23.0 Å². The zero-order valence-corrected chi connectivity index (χ0v) is 8.91. The molecule has 0 saturated carbocycles. The Hall–Kier alpha value is -2.30. The van der Waals surface area contributed by atoms with E-state index in [1.165, 1.54) is 12.1 Å². The second-order valence-electron chi connectivity index (χ2n) is 3.27. The zero-order chi connectivity index (χ0) is 12.1. The van der Waals surface area contributed by atoms with E-state index >= 15 is 0 Å². The van der Waals surface area contributed by atoms with Gasteiger partial charge in [-0.3, -0.25) is 0 Å². The SMILES string of the molecule is Oc1ccccc1O[B]Oc1ccccc1O. The Morgan fingerprint density at radius 3 is 1.53 bits per heavy atom. The van der Waals surface area contributed by atoms with Gasteiger partial charge in [0, 0.05) is 0 Å². The van der Waals surface area contributed by atoms with E-state index in [0.29, 0.717) is 0 Å². The van der Waals surface area contributed by atoms with Crippen molar-refractivity contribution in [1.29, 1.82) is 0 Å². The van der Waals surface area contributed by atoms with Gasteiger partial charge in [0.1, 0.15) is 11.5 Å². The molecule has 0 aliphatic rings. The molecule has 5 heteroatoms. The van der Waals surface area contributed by atoms with Crippen LogP contribution in [0.2, 0.25) is 0 Å². The topological polar surface area (TPSA) is 58.9 Å². The summed E-state index contributed by atoms with van der Waals surface area (Å²) in [7, 11) is 1.05. The zero-order valence-electron chi connectivity index (χ0n) is 8.91. The lowest BCUT2D eigenvalue weighted by molar-refractivity contribution is 0.397. The second-order valence-corrected chi connectivity index (χ2v) is 3.27. The van der Waals surface area contributed by atoms with Crippen LogP contribution in [0.3, 0.4) is 0 Å². The Morgan fingerprint density at radius 1 is 0.706 bits per heavy atom. The van der Waals surface area contributed by atoms with Gasteiger partial charge >= 0.3 is 7.69 Å². The Balaban J connectivity index is 1.93. The van der Waals surface area contributed by atoms with Crippen LogP contribution in [0.15, 0.2) is 48.5 Å². The molecule has 4 nitrogen and oxygen atoms in total. The quantitative estimate of drug-likeness (QED) is 0.788. The summed E-state index contributed by atoms with van der Waals surface area (Å²) < 4.78 is 10.2. The molecule has 0 aliphatic carbocycles. The fraction of sp³-hybridized carbons (Fsp3) is 0. The number of hydrogen-bond acceptors (Lipinski definition) is 4. The molecule has 0 heterocycles. The minimum absolute atomic E-state index is 0.0182. The van der Waals surface area contributed by atoms with E-state index < -0.39 is 0 Å². The molecule has 0 aromatic heterocycles. The molecule has 0 fully saturated rings. The molecule has 0 amide bonds. The number of rotatable bonds is 4. The third-order valence-electron chi connectivity index (χ3n) is 2.08. The molecular formula is C12H10BO4. The van der Waals surface area contributed by atoms with Crippen molar-refractivity contribution in [1.82, 2.24) is 0 Å². The molecule has 0 unspecified atom stereocenters. The van der Waals surface area contributed by atoms with Crippen molar-refractivity contribution >= 4 is 7.69 Å². The predicted molar refractivity (Wildman–Crippen MR) is 63.2 cm³/mol. The predicted octanol–water partition coefficient (Wildman–Crippen LogP) is 2.09. The van der Waals surface area contributed by atoms with Crippen LogP contribution in [-0.4, -0.2) is 17.9 Å². The van der Waals surface area contributed by atoms with Crippen LogP contribution in [0, 0.1) is 0 Å². The van der Waals surface area contributed by atoms with Crippen LogP contribution in [0.5, 0.6) is 23.0 Å². The van der Waals surface area contributed by atoms with Crippen molar-refractivity contribution < 1.29 is 19.5 Å². The molecule has 2 aromatic carbocycles. The molecule has 17 heavy (non-hydrogen) atoms. The maximum absolute atomic E-state index is 9.41. The molecular weight excluding hydrogens is 219 g/mol. The molecule has 2 rings (SSSR count). The third-order valence-corrected chi connectivity index (χ3v) is 2.08. The highest BCUT2D eigenvalue weighted by atomic mass is 16.6. The van der Waals surface area contributed by atoms with Gasteiger partial charge in [-0.15, -0.1) is 0 Å². The van der Waals surface area contributed by atoms with Gasteiger partial charge in [-0.05, 0) is 24.3 Å². The fourth-order valence-corrected chi connectivity index (χ4v) is 1.24. The highest BCUT2D eigenvalue weighted by Crippen LogP contribution is 2.26. The minimum Gasteiger partial charge on any atom is -0.524 e. The molecule has 0 atom stereocenters. The van der Waals surface area contributed by atoms with Gasteiger partial charge in [-0.2, -0.15) is 0 Å². The monoisotopic (exact) mass is 229 g/mol. The van der Waals surface area contributed by atoms with Gasteiger partial charge in [0.25, 0.3) is 0 Å². The summed E-state index contributed by atoms with van der Waals surface area (Å²) in [5.74, 6) is 0.597. The smallest absolute Gasteiger partial charge is 0.524 e. The van der Waals surface area contributed by atoms with Crippen LogP contribution < -0.4 is 9.31 Å².